The molecule has 1 fully saturated rings. The highest BCUT2D eigenvalue weighted by molar-refractivity contribution is 7.91. The summed E-state index contributed by atoms with van der Waals surface area (Å²) in [5.74, 6) is 0.836. The number of hydrogen-bond donors (Lipinski definition) is 0. The van der Waals surface area contributed by atoms with Gasteiger partial charge in [-0.1, -0.05) is 17.4 Å². The summed E-state index contributed by atoms with van der Waals surface area (Å²) >= 11 is 1.30. The van der Waals surface area contributed by atoms with Crippen LogP contribution in [0.3, 0.4) is 0 Å². The van der Waals surface area contributed by atoms with Gasteiger partial charge < -0.3 is 14.2 Å². The largest absolute Gasteiger partial charge is 0.490 e. The number of fused-ring (bicyclic) bond motifs is 1. The van der Waals surface area contributed by atoms with Crippen molar-refractivity contribution < 1.29 is 27.4 Å². The second kappa shape index (κ2) is 12.9. The molecule has 1 amide bonds. The lowest BCUT2D eigenvalue weighted by Crippen LogP contribution is -2.43. The molecule has 2 heterocycles. The molecule has 1 aliphatic heterocycles. The zero-order chi connectivity index (χ0) is 25.7. The van der Waals surface area contributed by atoms with E-state index in [4.69, 9.17) is 14.2 Å². The molecule has 3 aromatic rings. The minimum Gasteiger partial charge on any atom is -0.490 e. The number of nitrogens with zero attached hydrogens (tertiary/aromatic N) is 3. The zero-order valence-electron chi connectivity index (χ0n) is 21.1. The van der Waals surface area contributed by atoms with Gasteiger partial charge in [0.25, 0.3) is 5.91 Å². The Morgan fingerprint density at radius 2 is 1.81 bits per heavy atom. The molecule has 0 bridgehead atoms. The first-order valence-corrected chi connectivity index (χ1v) is 14.6. The summed E-state index contributed by atoms with van der Waals surface area (Å²) in [4.78, 5) is 22.5. The van der Waals surface area contributed by atoms with Crippen molar-refractivity contribution in [3.8, 4) is 11.5 Å². The Kier molecular flexibility index (Phi) is 10.1. The number of anilines is 1. The van der Waals surface area contributed by atoms with Crippen molar-refractivity contribution >= 4 is 54.8 Å². The van der Waals surface area contributed by atoms with E-state index in [2.05, 4.69) is 9.88 Å². The van der Waals surface area contributed by atoms with Gasteiger partial charge in [0.15, 0.2) is 26.5 Å². The van der Waals surface area contributed by atoms with E-state index in [0.717, 1.165) is 19.3 Å². The third-order valence-electron chi connectivity index (χ3n) is 5.78. The van der Waals surface area contributed by atoms with Crippen molar-refractivity contribution in [2.75, 3.05) is 63.8 Å². The molecule has 12 heteroatoms. The third kappa shape index (κ3) is 6.91. The zero-order valence-corrected chi connectivity index (χ0v) is 23.6. The predicted octanol–water partition coefficient (Wildman–Crippen LogP) is 3.90. The molecule has 0 unspecified atom stereocenters. The topological polar surface area (TPSA) is 98.3 Å². The Morgan fingerprint density at radius 1 is 1.11 bits per heavy atom. The number of hydrogen-bond acceptors (Lipinski definition) is 9. The van der Waals surface area contributed by atoms with Crippen molar-refractivity contribution in [2.45, 2.75) is 18.7 Å². The standard InChI is InChI=1S/C25H31N3O6S2.ClH/c1-4-33-19-10-9-18(17-20(19)34-5-2)24(29)28(12-11-27-13-15-32-16-14-27)25-26-23-21(35-25)7-6-8-22(23)36(3,30)31;/h6-10,17H,4-5,11-16H2,1-3H3;1H. The number of para-hydroxylation sites is 1. The highest BCUT2D eigenvalue weighted by Gasteiger charge is 2.25. The maximum absolute atomic E-state index is 13.8. The van der Waals surface area contributed by atoms with Gasteiger partial charge in [0, 0.05) is 38.0 Å². The number of sulfone groups is 1. The highest BCUT2D eigenvalue weighted by Crippen LogP contribution is 2.34. The monoisotopic (exact) mass is 569 g/mol. The van der Waals surface area contributed by atoms with Gasteiger partial charge in [0.1, 0.15) is 5.52 Å². The van der Waals surface area contributed by atoms with Gasteiger partial charge in [0.2, 0.25) is 0 Å². The molecule has 0 atom stereocenters. The Hall–Kier alpha value is -2.44. The molecule has 0 N–H and O–H groups in total. The molecule has 0 radical (unpaired) electrons. The van der Waals surface area contributed by atoms with Crippen LogP contribution in [-0.2, 0) is 14.6 Å². The van der Waals surface area contributed by atoms with E-state index in [0.29, 0.717) is 71.9 Å². The van der Waals surface area contributed by atoms with Gasteiger partial charge in [-0.15, -0.1) is 12.4 Å². The van der Waals surface area contributed by atoms with Crippen LogP contribution in [0.5, 0.6) is 11.5 Å². The molecular formula is C25H32ClN3O6S2. The van der Waals surface area contributed by atoms with Crippen molar-refractivity contribution in [3.63, 3.8) is 0 Å². The lowest BCUT2D eigenvalue weighted by Gasteiger charge is -2.29. The molecule has 2 aromatic carbocycles. The van der Waals surface area contributed by atoms with Crippen LogP contribution in [0.4, 0.5) is 5.13 Å². The summed E-state index contributed by atoms with van der Waals surface area (Å²) in [6.07, 6.45) is 1.16. The van der Waals surface area contributed by atoms with Crippen LogP contribution in [0.25, 0.3) is 10.2 Å². The summed E-state index contributed by atoms with van der Waals surface area (Å²) in [6, 6.07) is 10.2. The van der Waals surface area contributed by atoms with E-state index < -0.39 is 9.84 Å². The van der Waals surface area contributed by atoms with Gasteiger partial charge in [-0.25, -0.2) is 13.4 Å². The SMILES string of the molecule is CCOc1ccc(C(=O)N(CCN2CCOCC2)c2nc3c(S(C)(=O)=O)cccc3s2)cc1OCC.Cl. The number of thiazole rings is 1. The smallest absolute Gasteiger partial charge is 0.260 e. The highest BCUT2D eigenvalue weighted by atomic mass is 35.5. The first-order chi connectivity index (χ1) is 17.3. The van der Waals surface area contributed by atoms with Crippen molar-refractivity contribution in [1.29, 1.82) is 0 Å². The normalized spacial score (nSPS) is 14.2. The molecule has 0 saturated carbocycles. The lowest BCUT2D eigenvalue weighted by atomic mass is 10.1. The van der Waals surface area contributed by atoms with Crippen molar-refractivity contribution in [1.82, 2.24) is 9.88 Å². The fourth-order valence-electron chi connectivity index (χ4n) is 4.02. The third-order valence-corrected chi connectivity index (χ3v) is 7.95. The molecular weight excluding hydrogens is 538 g/mol. The van der Waals surface area contributed by atoms with E-state index >= 15 is 0 Å². The Labute approximate surface area is 227 Å². The van der Waals surface area contributed by atoms with Crippen LogP contribution in [-0.4, -0.2) is 83.1 Å². The maximum atomic E-state index is 13.8. The van der Waals surface area contributed by atoms with Crippen LogP contribution in [0, 0.1) is 0 Å². The fourth-order valence-corrected chi connectivity index (χ4v) is 5.93. The van der Waals surface area contributed by atoms with Gasteiger partial charge in [0.05, 0.1) is 36.0 Å². The molecule has 0 aliphatic carbocycles. The van der Waals surface area contributed by atoms with Gasteiger partial charge >= 0.3 is 0 Å². The predicted molar refractivity (Wildman–Crippen MR) is 148 cm³/mol. The summed E-state index contributed by atoms with van der Waals surface area (Å²) in [6.45, 7) is 8.60. The van der Waals surface area contributed by atoms with E-state index in [-0.39, 0.29) is 23.2 Å². The second-order valence-corrected chi connectivity index (χ2v) is 11.3. The molecule has 9 nitrogen and oxygen atoms in total. The van der Waals surface area contributed by atoms with E-state index in [9.17, 15) is 13.2 Å². The second-order valence-electron chi connectivity index (χ2n) is 8.31. The number of morpholine rings is 1. The first-order valence-electron chi connectivity index (χ1n) is 11.9. The number of ether oxygens (including phenoxy) is 3. The summed E-state index contributed by atoms with van der Waals surface area (Å²) < 4.78 is 42.2. The fraction of sp³-hybridized carbons (Fsp3) is 0.440. The van der Waals surface area contributed by atoms with E-state index in [1.165, 1.54) is 11.3 Å². The summed E-state index contributed by atoms with van der Waals surface area (Å²) in [5.41, 5.74) is 0.817. The molecule has 1 aromatic heterocycles. The Bertz CT molecular complexity index is 1330. The average molecular weight is 570 g/mol. The lowest BCUT2D eigenvalue weighted by molar-refractivity contribution is 0.0391. The van der Waals surface area contributed by atoms with Crippen molar-refractivity contribution in [2.24, 2.45) is 0 Å². The van der Waals surface area contributed by atoms with E-state index in [1.54, 1.807) is 35.2 Å². The number of amides is 1. The van der Waals surface area contributed by atoms with Crippen LogP contribution in [0.1, 0.15) is 24.2 Å². The minimum atomic E-state index is -3.48. The summed E-state index contributed by atoms with van der Waals surface area (Å²) in [5, 5.41) is 0.450. The molecule has 37 heavy (non-hydrogen) atoms. The Morgan fingerprint density at radius 3 is 2.49 bits per heavy atom. The minimum absolute atomic E-state index is 0. The molecule has 0 spiro atoms. The number of carbonyl (C=O) groups excluding carboxylic acids is 1. The number of aromatic nitrogens is 1. The Balaban J connectivity index is 0.00000380. The molecule has 4 rings (SSSR count). The van der Waals surface area contributed by atoms with Crippen LogP contribution < -0.4 is 14.4 Å². The van der Waals surface area contributed by atoms with Crippen molar-refractivity contribution in [3.05, 3.63) is 42.0 Å². The van der Waals surface area contributed by atoms with Gasteiger partial charge in [-0.2, -0.15) is 0 Å². The molecule has 202 valence electrons. The van der Waals surface area contributed by atoms with Crippen LogP contribution >= 0.6 is 23.7 Å². The summed E-state index contributed by atoms with van der Waals surface area (Å²) in [7, 11) is -3.48. The number of rotatable bonds is 10. The number of halogens is 1. The van der Waals surface area contributed by atoms with Crippen LogP contribution in [0.2, 0.25) is 0 Å². The number of benzene rings is 2. The van der Waals surface area contributed by atoms with Crippen LogP contribution in [0.15, 0.2) is 41.3 Å². The van der Waals surface area contributed by atoms with Gasteiger partial charge in [-0.05, 0) is 44.2 Å². The molecule has 1 saturated heterocycles. The molecule has 1 aliphatic rings. The quantitative estimate of drug-likeness (QED) is 0.363. The first kappa shape index (κ1) is 29.1. The van der Waals surface area contributed by atoms with E-state index in [1.807, 2.05) is 19.9 Å². The average Bonchev–Trinajstić information content (AvgIpc) is 3.29. The number of carbonyl (C=O) groups is 1. The van der Waals surface area contributed by atoms with Gasteiger partial charge in [-0.3, -0.25) is 14.6 Å². The maximum Gasteiger partial charge on any atom is 0.260 e.